The second kappa shape index (κ2) is 11.4. The highest BCUT2D eigenvalue weighted by Gasteiger charge is 2.22. The van der Waals surface area contributed by atoms with Crippen LogP contribution in [0.3, 0.4) is 0 Å². The molecule has 50 heavy (non-hydrogen) atoms. The number of aromatic nitrogens is 3. The molecule has 0 atom stereocenters. The van der Waals surface area contributed by atoms with E-state index in [1.807, 2.05) is 54.7 Å². The van der Waals surface area contributed by atoms with Crippen molar-refractivity contribution in [2.24, 2.45) is 0 Å². The zero-order valence-electron chi connectivity index (χ0n) is 26.7. The minimum absolute atomic E-state index is 0.638. The Kier molecular flexibility index (Phi) is 6.42. The summed E-state index contributed by atoms with van der Waals surface area (Å²) in [6.45, 7) is 0. The highest BCUT2D eigenvalue weighted by molar-refractivity contribution is 6.19. The molecule has 6 aromatic carbocycles. The van der Waals surface area contributed by atoms with Crippen molar-refractivity contribution in [3.8, 4) is 56.2 Å². The van der Waals surface area contributed by atoms with E-state index in [2.05, 4.69) is 108 Å². The molecule has 0 aliphatic rings. The van der Waals surface area contributed by atoms with Crippen molar-refractivity contribution in [1.29, 1.82) is 0 Å². The lowest BCUT2D eigenvalue weighted by atomic mass is 9.94. The first-order valence-electron chi connectivity index (χ1n) is 16.6. The third-order valence-corrected chi connectivity index (χ3v) is 9.43. The largest absolute Gasteiger partial charge is 0.455 e. The molecule has 0 aliphatic heterocycles. The van der Waals surface area contributed by atoms with Gasteiger partial charge in [-0.25, -0.2) is 9.97 Å². The molecule has 4 heterocycles. The molecule has 0 unspecified atom stereocenters. The molecule has 0 fully saturated rings. The summed E-state index contributed by atoms with van der Waals surface area (Å²) in [5.74, 6) is 0.638. The van der Waals surface area contributed by atoms with Gasteiger partial charge in [-0.3, -0.25) is 4.98 Å². The van der Waals surface area contributed by atoms with Gasteiger partial charge in [-0.2, -0.15) is 0 Å². The van der Waals surface area contributed by atoms with Gasteiger partial charge in [-0.1, -0.05) is 121 Å². The van der Waals surface area contributed by atoms with Crippen molar-refractivity contribution in [2.75, 3.05) is 0 Å². The molecule has 5 nitrogen and oxygen atoms in total. The standard InChI is InChI=1S/C45H27N3O2/c1-2-10-29(11-3-1)38-26-39(48-45(47-38)30-21-19-28(20-22-30)31-12-9-25-46-27-31)36-24-23-33(42-37-14-5-7-18-41(37)50-44(36)42)35-16-8-15-34-32-13-4-6-17-40(32)49-43(34)35/h1-27H. The molecule has 0 aliphatic carbocycles. The summed E-state index contributed by atoms with van der Waals surface area (Å²) in [5, 5.41) is 4.25. The van der Waals surface area contributed by atoms with E-state index in [4.69, 9.17) is 18.8 Å². The maximum atomic E-state index is 6.73. The molecule has 10 rings (SSSR count). The number of nitrogens with zero attached hydrogens (tertiary/aromatic N) is 3. The quantitative estimate of drug-likeness (QED) is 0.187. The lowest BCUT2D eigenvalue weighted by Gasteiger charge is -2.12. The lowest BCUT2D eigenvalue weighted by molar-refractivity contribution is 0.669. The van der Waals surface area contributed by atoms with Gasteiger partial charge in [0.05, 0.1) is 11.4 Å². The van der Waals surface area contributed by atoms with Gasteiger partial charge in [0.15, 0.2) is 5.82 Å². The minimum atomic E-state index is 0.638. The SMILES string of the molecule is c1ccc(-c2cc(-c3ccc(-c4cccc5c4oc4ccccc45)c4c3oc3ccccc34)nc(-c3ccc(-c4cccnc4)cc3)n2)cc1. The topological polar surface area (TPSA) is 65.0 Å². The molecule has 0 spiro atoms. The van der Waals surface area contributed by atoms with Crippen molar-refractivity contribution in [2.45, 2.75) is 0 Å². The lowest BCUT2D eigenvalue weighted by Crippen LogP contribution is -1.96. The van der Waals surface area contributed by atoms with Crippen LogP contribution < -0.4 is 0 Å². The monoisotopic (exact) mass is 641 g/mol. The number of pyridine rings is 1. The van der Waals surface area contributed by atoms with Crippen LogP contribution in [0, 0.1) is 0 Å². The fourth-order valence-corrected chi connectivity index (χ4v) is 7.03. The Balaban J connectivity index is 1.20. The first-order chi connectivity index (χ1) is 24.8. The van der Waals surface area contributed by atoms with E-state index < -0.39 is 0 Å². The Morgan fingerprint density at radius 1 is 0.400 bits per heavy atom. The maximum absolute atomic E-state index is 6.73. The molecule has 0 N–H and O–H groups in total. The Hall–Kier alpha value is -6.85. The van der Waals surface area contributed by atoms with Gasteiger partial charge in [0.2, 0.25) is 0 Å². The molecule has 0 radical (unpaired) electrons. The molecule has 0 amide bonds. The van der Waals surface area contributed by atoms with Crippen LogP contribution in [0.1, 0.15) is 0 Å². The van der Waals surface area contributed by atoms with Gasteiger partial charge < -0.3 is 8.83 Å². The number of rotatable bonds is 5. The first kappa shape index (κ1) is 28.2. The van der Waals surface area contributed by atoms with Crippen molar-refractivity contribution < 1.29 is 8.83 Å². The van der Waals surface area contributed by atoms with Gasteiger partial charge in [0.1, 0.15) is 22.3 Å². The molecule has 5 heteroatoms. The summed E-state index contributed by atoms with van der Waals surface area (Å²) < 4.78 is 13.2. The smallest absolute Gasteiger partial charge is 0.160 e. The molecular formula is C45H27N3O2. The summed E-state index contributed by atoms with van der Waals surface area (Å²) in [6, 6.07) is 51.7. The number of benzene rings is 6. The van der Waals surface area contributed by atoms with Crippen LogP contribution in [-0.4, -0.2) is 15.0 Å². The highest BCUT2D eigenvalue weighted by atomic mass is 16.3. The average molecular weight is 642 g/mol. The van der Waals surface area contributed by atoms with Crippen LogP contribution in [0.15, 0.2) is 173 Å². The Morgan fingerprint density at radius 2 is 1.06 bits per heavy atom. The van der Waals surface area contributed by atoms with Crippen molar-refractivity contribution in [3.63, 3.8) is 0 Å². The van der Waals surface area contributed by atoms with Gasteiger partial charge in [0.25, 0.3) is 0 Å². The summed E-state index contributed by atoms with van der Waals surface area (Å²) in [5.41, 5.74) is 12.0. The molecule has 10 aromatic rings. The molecule has 4 aromatic heterocycles. The number of furan rings is 2. The van der Waals surface area contributed by atoms with Gasteiger partial charge in [-0.15, -0.1) is 0 Å². The van der Waals surface area contributed by atoms with E-state index in [0.717, 1.165) is 94.2 Å². The van der Waals surface area contributed by atoms with Crippen LogP contribution in [0.2, 0.25) is 0 Å². The Morgan fingerprint density at radius 3 is 1.88 bits per heavy atom. The Labute approximate surface area is 287 Å². The number of hydrogen-bond acceptors (Lipinski definition) is 5. The highest BCUT2D eigenvalue weighted by Crippen LogP contribution is 2.45. The van der Waals surface area contributed by atoms with Crippen LogP contribution in [0.5, 0.6) is 0 Å². The zero-order valence-corrected chi connectivity index (χ0v) is 26.7. The van der Waals surface area contributed by atoms with Crippen molar-refractivity contribution >= 4 is 43.9 Å². The molecular weight excluding hydrogens is 615 g/mol. The normalized spacial score (nSPS) is 11.6. The van der Waals surface area contributed by atoms with Gasteiger partial charge in [-0.05, 0) is 47.0 Å². The molecule has 0 saturated heterocycles. The van der Waals surface area contributed by atoms with Gasteiger partial charge in [0, 0.05) is 56.2 Å². The van der Waals surface area contributed by atoms with E-state index >= 15 is 0 Å². The van der Waals surface area contributed by atoms with Crippen molar-refractivity contribution in [1.82, 2.24) is 15.0 Å². The fraction of sp³-hybridized carbons (Fsp3) is 0. The predicted octanol–water partition coefficient (Wildman–Crippen LogP) is 12.0. The zero-order chi connectivity index (χ0) is 33.0. The maximum Gasteiger partial charge on any atom is 0.160 e. The summed E-state index contributed by atoms with van der Waals surface area (Å²) >= 11 is 0. The first-order valence-corrected chi connectivity index (χ1v) is 16.6. The van der Waals surface area contributed by atoms with E-state index in [1.54, 1.807) is 6.20 Å². The van der Waals surface area contributed by atoms with E-state index in [-0.39, 0.29) is 0 Å². The predicted molar refractivity (Wildman–Crippen MR) is 202 cm³/mol. The summed E-state index contributed by atoms with van der Waals surface area (Å²) in [7, 11) is 0. The van der Waals surface area contributed by atoms with E-state index in [9.17, 15) is 0 Å². The fourth-order valence-electron chi connectivity index (χ4n) is 7.03. The van der Waals surface area contributed by atoms with Crippen LogP contribution in [0.25, 0.3) is 100 Å². The third kappa shape index (κ3) is 4.60. The average Bonchev–Trinajstić information content (AvgIpc) is 3.78. The minimum Gasteiger partial charge on any atom is -0.455 e. The Bertz CT molecular complexity index is 2850. The van der Waals surface area contributed by atoms with E-state index in [1.165, 1.54) is 0 Å². The second-order valence-corrected chi connectivity index (χ2v) is 12.4. The van der Waals surface area contributed by atoms with Crippen LogP contribution in [-0.2, 0) is 0 Å². The van der Waals surface area contributed by atoms with Crippen molar-refractivity contribution in [3.05, 3.63) is 164 Å². The van der Waals surface area contributed by atoms with E-state index in [0.29, 0.717) is 5.82 Å². The second-order valence-electron chi connectivity index (χ2n) is 12.4. The van der Waals surface area contributed by atoms with Crippen LogP contribution in [0.4, 0.5) is 0 Å². The molecule has 234 valence electrons. The summed E-state index contributed by atoms with van der Waals surface area (Å²) in [4.78, 5) is 14.6. The van der Waals surface area contributed by atoms with Crippen LogP contribution >= 0.6 is 0 Å². The summed E-state index contributed by atoms with van der Waals surface area (Å²) in [6.07, 6.45) is 3.66. The number of para-hydroxylation sites is 3. The van der Waals surface area contributed by atoms with Gasteiger partial charge >= 0.3 is 0 Å². The third-order valence-electron chi connectivity index (χ3n) is 9.43. The number of hydrogen-bond donors (Lipinski definition) is 0. The number of fused-ring (bicyclic) bond motifs is 6. The molecule has 0 bridgehead atoms. The molecule has 0 saturated carbocycles.